The van der Waals surface area contributed by atoms with E-state index in [9.17, 15) is 18.0 Å². The summed E-state index contributed by atoms with van der Waals surface area (Å²) in [5, 5.41) is 3.37. The number of hydrogen-bond acceptors (Lipinski definition) is 6. The van der Waals surface area contributed by atoms with Crippen molar-refractivity contribution in [3.63, 3.8) is 0 Å². The van der Waals surface area contributed by atoms with Crippen LogP contribution in [0.3, 0.4) is 0 Å². The van der Waals surface area contributed by atoms with Crippen LogP contribution in [-0.2, 0) is 11.2 Å². The Morgan fingerprint density at radius 2 is 1.91 bits per heavy atom. The summed E-state index contributed by atoms with van der Waals surface area (Å²) in [5.74, 6) is 0.475. The Labute approximate surface area is 186 Å². The van der Waals surface area contributed by atoms with Crippen LogP contribution in [0, 0.1) is 0 Å². The number of rotatable bonds is 7. The summed E-state index contributed by atoms with van der Waals surface area (Å²) < 4.78 is 47.3. The van der Waals surface area contributed by atoms with Crippen LogP contribution in [-0.4, -0.2) is 40.6 Å². The van der Waals surface area contributed by atoms with Crippen molar-refractivity contribution in [2.24, 2.45) is 0 Å². The van der Waals surface area contributed by atoms with Gasteiger partial charge in [0.1, 0.15) is 17.6 Å². The third-order valence-corrected chi connectivity index (χ3v) is 5.48. The SMILES string of the molecule is O=C(CSc1ncccn1)NC[C@@H]1Cc2cc(-c3cccc(OC(F)(F)F)c3)ccc2O1. The number of benzene rings is 2. The lowest BCUT2D eigenvalue weighted by Crippen LogP contribution is -2.35. The van der Waals surface area contributed by atoms with Crippen molar-refractivity contribution in [1.29, 1.82) is 0 Å². The van der Waals surface area contributed by atoms with Crippen LogP contribution < -0.4 is 14.8 Å². The zero-order valence-electron chi connectivity index (χ0n) is 16.6. The molecule has 0 saturated carbocycles. The maximum Gasteiger partial charge on any atom is 0.573 e. The number of alkyl halides is 3. The van der Waals surface area contributed by atoms with Gasteiger partial charge in [-0.2, -0.15) is 0 Å². The molecule has 2 heterocycles. The number of nitrogens with zero attached hydrogens (tertiary/aromatic N) is 2. The molecule has 1 aliphatic heterocycles. The van der Waals surface area contributed by atoms with Crippen LogP contribution in [0.25, 0.3) is 11.1 Å². The molecule has 1 aliphatic rings. The highest BCUT2D eigenvalue weighted by molar-refractivity contribution is 7.99. The number of carbonyl (C=O) groups excluding carboxylic acids is 1. The van der Waals surface area contributed by atoms with Gasteiger partial charge >= 0.3 is 6.36 Å². The predicted octanol–water partition coefficient (Wildman–Crippen LogP) is 4.25. The lowest BCUT2D eigenvalue weighted by molar-refractivity contribution is -0.274. The lowest BCUT2D eigenvalue weighted by atomic mass is 10.0. The zero-order valence-corrected chi connectivity index (χ0v) is 17.4. The van der Waals surface area contributed by atoms with E-state index in [1.165, 1.54) is 30.0 Å². The van der Waals surface area contributed by atoms with Crippen LogP contribution in [0.15, 0.2) is 66.1 Å². The third kappa shape index (κ3) is 5.91. The second-order valence-corrected chi connectivity index (χ2v) is 7.91. The molecule has 1 aromatic heterocycles. The number of aromatic nitrogens is 2. The van der Waals surface area contributed by atoms with Gasteiger partial charge in [0.2, 0.25) is 5.91 Å². The molecule has 0 aliphatic carbocycles. The Kier molecular flexibility index (Phi) is 6.50. The smallest absolute Gasteiger partial charge is 0.488 e. The number of hydrogen-bond donors (Lipinski definition) is 1. The number of fused-ring (bicyclic) bond motifs is 1. The van der Waals surface area contributed by atoms with Gasteiger partial charge in [0.25, 0.3) is 0 Å². The maximum atomic E-state index is 12.5. The molecular formula is C22H18F3N3O3S. The Hall–Kier alpha value is -3.27. The molecule has 0 spiro atoms. The highest BCUT2D eigenvalue weighted by Gasteiger charge is 2.31. The first-order valence-corrected chi connectivity index (χ1v) is 10.7. The molecule has 1 N–H and O–H groups in total. The van der Waals surface area contributed by atoms with E-state index >= 15 is 0 Å². The number of nitrogens with one attached hydrogen (secondary N) is 1. The predicted molar refractivity (Wildman–Crippen MR) is 112 cm³/mol. The molecular weight excluding hydrogens is 443 g/mol. The quantitative estimate of drug-likeness (QED) is 0.419. The van der Waals surface area contributed by atoms with Crippen LogP contribution in [0.2, 0.25) is 0 Å². The highest BCUT2D eigenvalue weighted by Crippen LogP contribution is 2.34. The average Bonchev–Trinajstić information content (AvgIpc) is 3.18. The summed E-state index contributed by atoms with van der Waals surface area (Å²) in [6.07, 6.45) is -1.15. The molecule has 0 fully saturated rings. The molecule has 6 nitrogen and oxygen atoms in total. The van der Waals surface area contributed by atoms with Crippen molar-refractivity contribution >= 4 is 17.7 Å². The van der Waals surface area contributed by atoms with E-state index < -0.39 is 6.36 Å². The van der Waals surface area contributed by atoms with Gasteiger partial charge in [0, 0.05) is 18.8 Å². The van der Waals surface area contributed by atoms with Gasteiger partial charge in [0.15, 0.2) is 5.16 Å². The number of amides is 1. The second-order valence-electron chi connectivity index (χ2n) is 6.97. The summed E-state index contributed by atoms with van der Waals surface area (Å²) in [6.45, 7) is 0.341. The van der Waals surface area contributed by atoms with E-state index in [2.05, 4.69) is 20.0 Å². The first kappa shape index (κ1) is 21.9. The fourth-order valence-electron chi connectivity index (χ4n) is 3.26. The van der Waals surface area contributed by atoms with Crippen molar-refractivity contribution in [1.82, 2.24) is 15.3 Å². The van der Waals surface area contributed by atoms with Gasteiger partial charge in [-0.1, -0.05) is 30.0 Å². The minimum absolute atomic E-state index is 0.149. The van der Waals surface area contributed by atoms with Gasteiger partial charge in [-0.05, 0) is 47.0 Å². The van der Waals surface area contributed by atoms with E-state index in [1.54, 1.807) is 36.7 Å². The maximum absolute atomic E-state index is 12.5. The van der Waals surface area contributed by atoms with Crippen molar-refractivity contribution < 1.29 is 27.4 Å². The molecule has 32 heavy (non-hydrogen) atoms. The average molecular weight is 461 g/mol. The number of carbonyl (C=O) groups is 1. The Morgan fingerprint density at radius 3 is 2.69 bits per heavy atom. The van der Waals surface area contributed by atoms with Crippen LogP contribution in [0.4, 0.5) is 13.2 Å². The summed E-state index contributed by atoms with van der Waals surface area (Å²) in [5.41, 5.74) is 2.28. The lowest BCUT2D eigenvalue weighted by Gasteiger charge is -2.11. The minimum Gasteiger partial charge on any atom is -0.488 e. The molecule has 2 aromatic carbocycles. The summed E-state index contributed by atoms with van der Waals surface area (Å²) in [4.78, 5) is 20.2. The van der Waals surface area contributed by atoms with Crippen molar-refractivity contribution in [3.8, 4) is 22.6 Å². The van der Waals surface area contributed by atoms with Gasteiger partial charge in [-0.3, -0.25) is 4.79 Å². The molecule has 166 valence electrons. The molecule has 0 radical (unpaired) electrons. The first-order chi connectivity index (χ1) is 15.4. The first-order valence-electron chi connectivity index (χ1n) is 9.68. The summed E-state index contributed by atoms with van der Waals surface area (Å²) >= 11 is 1.25. The largest absolute Gasteiger partial charge is 0.573 e. The molecule has 0 saturated heterocycles. The van der Waals surface area contributed by atoms with E-state index in [1.807, 2.05) is 6.07 Å². The monoisotopic (exact) mass is 461 g/mol. The highest BCUT2D eigenvalue weighted by atomic mass is 32.2. The normalized spacial score (nSPS) is 15.0. The van der Waals surface area contributed by atoms with Crippen LogP contribution in [0.1, 0.15) is 5.56 Å². The van der Waals surface area contributed by atoms with E-state index in [4.69, 9.17) is 4.74 Å². The van der Waals surface area contributed by atoms with Crippen molar-refractivity contribution in [2.45, 2.75) is 24.0 Å². The van der Waals surface area contributed by atoms with E-state index in [-0.39, 0.29) is 23.5 Å². The standard InChI is InChI=1S/C22H18F3N3O3S/c23-22(24,25)31-17-4-1-3-14(10-17)15-5-6-19-16(9-15)11-18(30-19)12-28-20(29)13-32-21-26-7-2-8-27-21/h1-10,18H,11-13H2,(H,28,29)/t18-/m0/s1. The molecule has 3 aromatic rings. The summed E-state index contributed by atoms with van der Waals surface area (Å²) in [7, 11) is 0. The molecule has 10 heteroatoms. The van der Waals surface area contributed by atoms with E-state index in [0.717, 1.165) is 11.1 Å². The number of halogens is 3. The molecule has 1 atom stereocenters. The molecule has 0 bridgehead atoms. The van der Waals surface area contributed by atoms with E-state index in [0.29, 0.717) is 29.4 Å². The zero-order chi connectivity index (χ0) is 22.6. The number of thioether (sulfide) groups is 1. The van der Waals surface area contributed by atoms with Gasteiger partial charge < -0.3 is 14.8 Å². The summed E-state index contributed by atoms with van der Waals surface area (Å²) in [6, 6.07) is 13.0. The Bertz CT molecular complexity index is 1100. The third-order valence-electron chi connectivity index (χ3n) is 4.60. The van der Waals surface area contributed by atoms with Crippen molar-refractivity contribution in [3.05, 3.63) is 66.5 Å². The van der Waals surface area contributed by atoms with Gasteiger partial charge in [0.05, 0.1) is 12.3 Å². The Morgan fingerprint density at radius 1 is 1.12 bits per heavy atom. The van der Waals surface area contributed by atoms with Crippen molar-refractivity contribution in [2.75, 3.05) is 12.3 Å². The van der Waals surface area contributed by atoms with Crippen LogP contribution in [0.5, 0.6) is 11.5 Å². The second kappa shape index (κ2) is 9.47. The molecule has 4 rings (SSSR count). The molecule has 1 amide bonds. The fraction of sp³-hybridized carbons (Fsp3) is 0.227. The van der Waals surface area contributed by atoms with Crippen LogP contribution >= 0.6 is 11.8 Å². The number of ether oxygens (including phenoxy) is 2. The van der Waals surface area contributed by atoms with Gasteiger partial charge in [-0.25, -0.2) is 9.97 Å². The minimum atomic E-state index is -4.74. The Balaban J connectivity index is 1.33. The van der Waals surface area contributed by atoms with Gasteiger partial charge in [-0.15, -0.1) is 13.2 Å². The topological polar surface area (TPSA) is 73.3 Å². The fourth-order valence-corrected chi connectivity index (χ4v) is 3.89. The molecule has 0 unspecified atom stereocenters.